The van der Waals surface area contributed by atoms with Crippen molar-refractivity contribution in [1.82, 2.24) is 15.1 Å². The Labute approximate surface area is 144 Å². The maximum Gasteiger partial charge on any atom is 0.0947 e. The van der Waals surface area contributed by atoms with E-state index in [1.165, 1.54) is 26.3 Å². The Bertz CT molecular complexity index is 908. The second-order valence-corrected chi connectivity index (χ2v) is 7.49. The molecule has 116 valence electrons. The lowest BCUT2D eigenvalue weighted by molar-refractivity contribution is 0.411. The van der Waals surface area contributed by atoms with Crippen LogP contribution in [0, 0.1) is 0 Å². The molecule has 0 aliphatic carbocycles. The molecule has 5 heteroatoms. The van der Waals surface area contributed by atoms with Crippen LogP contribution in [0.5, 0.6) is 0 Å². The van der Waals surface area contributed by atoms with Gasteiger partial charge in [0.2, 0.25) is 0 Å². The van der Waals surface area contributed by atoms with Gasteiger partial charge >= 0.3 is 0 Å². The summed E-state index contributed by atoms with van der Waals surface area (Å²) in [4.78, 5) is 4.64. The maximum absolute atomic E-state index is 6.26. The Kier molecular flexibility index (Phi) is 3.76. The molecule has 0 unspecified atom stereocenters. The van der Waals surface area contributed by atoms with Crippen molar-refractivity contribution in [2.75, 3.05) is 20.6 Å². The molecule has 1 aromatic heterocycles. The first-order valence-corrected chi connectivity index (χ1v) is 8.74. The van der Waals surface area contributed by atoms with Crippen LogP contribution >= 0.6 is 23.4 Å². The van der Waals surface area contributed by atoms with Crippen molar-refractivity contribution in [2.24, 2.45) is 0 Å². The fourth-order valence-corrected chi connectivity index (χ4v) is 4.22. The standard InChI is InChI=1S/C18H16ClN3S/c1-22(2)9-8-14-17-12-10-11(19)6-7-15(12)23-16-5-3-4-13(18(16)17)20-21-14/h3-7,10H,8-9H2,1-2H3. The molecule has 1 aliphatic rings. The molecule has 0 fully saturated rings. The Morgan fingerprint density at radius 1 is 1.09 bits per heavy atom. The predicted octanol–water partition coefficient (Wildman–Crippen LogP) is 4.52. The van der Waals surface area contributed by atoms with Crippen molar-refractivity contribution >= 4 is 34.3 Å². The topological polar surface area (TPSA) is 29.0 Å². The summed E-state index contributed by atoms with van der Waals surface area (Å²) >= 11 is 8.04. The minimum absolute atomic E-state index is 0.757. The molecule has 0 spiro atoms. The van der Waals surface area contributed by atoms with E-state index in [-0.39, 0.29) is 0 Å². The molecule has 0 saturated heterocycles. The Hall–Kier alpha value is -1.62. The van der Waals surface area contributed by atoms with E-state index >= 15 is 0 Å². The van der Waals surface area contributed by atoms with E-state index in [1.54, 1.807) is 11.8 Å². The van der Waals surface area contributed by atoms with Gasteiger partial charge in [0.25, 0.3) is 0 Å². The fourth-order valence-electron chi connectivity index (χ4n) is 2.95. The second-order valence-electron chi connectivity index (χ2n) is 5.97. The van der Waals surface area contributed by atoms with Crippen molar-refractivity contribution in [1.29, 1.82) is 0 Å². The summed E-state index contributed by atoms with van der Waals surface area (Å²) in [7, 11) is 4.15. The van der Waals surface area contributed by atoms with Crippen LogP contribution in [-0.2, 0) is 6.42 Å². The highest BCUT2D eigenvalue weighted by Crippen LogP contribution is 2.48. The van der Waals surface area contributed by atoms with Gasteiger partial charge in [0.15, 0.2) is 0 Å². The number of hydrogen-bond acceptors (Lipinski definition) is 4. The summed E-state index contributed by atoms with van der Waals surface area (Å²) in [6.07, 6.45) is 0.871. The molecule has 3 aromatic rings. The third-order valence-corrected chi connectivity index (χ3v) is 5.42. The number of likely N-dealkylation sites (N-methyl/N-ethyl adjacent to an activating group) is 1. The van der Waals surface area contributed by atoms with E-state index in [0.29, 0.717) is 0 Å². The first-order valence-electron chi connectivity index (χ1n) is 7.54. The van der Waals surface area contributed by atoms with E-state index in [9.17, 15) is 0 Å². The minimum atomic E-state index is 0.757. The number of rotatable bonds is 3. The molecule has 0 saturated carbocycles. The monoisotopic (exact) mass is 341 g/mol. The first-order chi connectivity index (χ1) is 11.1. The van der Waals surface area contributed by atoms with E-state index < -0.39 is 0 Å². The normalized spacial score (nSPS) is 12.7. The van der Waals surface area contributed by atoms with Crippen LogP contribution in [-0.4, -0.2) is 35.7 Å². The molecule has 2 heterocycles. The van der Waals surface area contributed by atoms with E-state index in [0.717, 1.165) is 29.2 Å². The van der Waals surface area contributed by atoms with Gasteiger partial charge in [0.05, 0.1) is 11.2 Å². The Balaban J connectivity index is 2.01. The van der Waals surface area contributed by atoms with Gasteiger partial charge in [0, 0.05) is 38.7 Å². The zero-order valence-corrected chi connectivity index (χ0v) is 14.6. The SMILES string of the molecule is CN(C)CCc1nnc2cccc3c2c1-c1cc(Cl)ccc1S3. The quantitative estimate of drug-likeness (QED) is 0.548. The zero-order valence-electron chi connectivity index (χ0n) is 13.0. The molecular formula is C18H16ClN3S. The number of nitrogens with zero attached hydrogens (tertiary/aromatic N) is 3. The number of aromatic nitrogens is 2. The summed E-state index contributed by atoms with van der Waals surface area (Å²) in [6, 6.07) is 12.3. The molecular weight excluding hydrogens is 326 g/mol. The van der Waals surface area contributed by atoms with Gasteiger partial charge in [0.1, 0.15) is 0 Å². The summed E-state index contributed by atoms with van der Waals surface area (Å²) in [6.45, 7) is 0.943. The van der Waals surface area contributed by atoms with E-state index in [2.05, 4.69) is 47.4 Å². The summed E-state index contributed by atoms with van der Waals surface area (Å²) in [5.74, 6) is 0. The van der Waals surface area contributed by atoms with E-state index in [4.69, 9.17) is 11.6 Å². The summed E-state index contributed by atoms with van der Waals surface area (Å²) in [5.41, 5.74) is 4.37. The number of benzene rings is 2. The van der Waals surface area contributed by atoms with Crippen LogP contribution < -0.4 is 0 Å². The van der Waals surface area contributed by atoms with Crippen LogP contribution in [0.25, 0.3) is 22.0 Å². The molecule has 1 aliphatic heterocycles. The molecule has 2 aromatic carbocycles. The lowest BCUT2D eigenvalue weighted by Crippen LogP contribution is -2.17. The highest BCUT2D eigenvalue weighted by molar-refractivity contribution is 7.99. The van der Waals surface area contributed by atoms with Crippen LogP contribution in [0.1, 0.15) is 5.69 Å². The summed E-state index contributed by atoms with van der Waals surface area (Å²) in [5, 5.41) is 10.9. The number of hydrogen-bond donors (Lipinski definition) is 0. The van der Waals surface area contributed by atoms with Crippen LogP contribution in [0.2, 0.25) is 5.02 Å². The highest BCUT2D eigenvalue weighted by atomic mass is 35.5. The molecule has 4 rings (SSSR count). The number of fused-ring (bicyclic) bond motifs is 2. The Morgan fingerprint density at radius 2 is 1.96 bits per heavy atom. The van der Waals surface area contributed by atoms with Gasteiger partial charge in [-0.05, 0) is 50.0 Å². The van der Waals surface area contributed by atoms with Crippen molar-refractivity contribution in [3.8, 4) is 11.1 Å². The smallest absolute Gasteiger partial charge is 0.0947 e. The Morgan fingerprint density at radius 3 is 2.78 bits per heavy atom. The lowest BCUT2D eigenvalue weighted by Gasteiger charge is -2.22. The second kappa shape index (κ2) is 5.78. The van der Waals surface area contributed by atoms with Crippen LogP contribution in [0.3, 0.4) is 0 Å². The zero-order chi connectivity index (χ0) is 16.0. The molecule has 0 bridgehead atoms. The average Bonchev–Trinajstić information content (AvgIpc) is 2.54. The molecule has 23 heavy (non-hydrogen) atoms. The minimum Gasteiger partial charge on any atom is -0.309 e. The maximum atomic E-state index is 6.26. The van der Waals surface area contributed by atoms with Crippen LogP contribution in [0.15, 0.2) is 46.2 Å². The fraction of sp³-hybridized carbons (Fsp3) is 0.222. The van der Waals surface area contributed by atoms with Crippen molar-refractivity contribution in [3.63, 3.8) is 0 Å². The van der Waals surface area contributed by atoms with Gasteiger partial charge < -0.3 is 4.90 Å². The lowest BCUT2D eigenvalue weighted by atomic mass is 9.97. The van der Waals surface area contributed by atoms with Gasteiger partial charge in [-0.15, -0.1) is 0 Å². The van der Waals surface area contributed by atoms with Crippen molar-refractivity contribution in [3.05, 3.63) is 47.1 Å². The molecule has 0 atom stereocenters. The molecule has 0 amide bonds. The first kappa shape index (κ1) is 14.9. The number of halogens is 1. The van der Waals surface area contributed by atoms with Gasteiger partial charge in [-0.2, -0.15) is 10.2 Å². The van der Waals surface area contributed by atoms with Gasteiger partial charge in [-0.25, -0.2) is 0 Å². The largest absolute Gasteiger partial charge is 0.309 e. The molecule has 0 radical (unpaired) electrons. The van der Waals surface area contributed by atoms with Gasteiger partial charge in [-0.1, -0.05) is 29.4 Å². The van der Waals surface area contributed by atoms with E-state index in [1.807, 2.05) is 18.2 Å². The predicted molar refractivity (Wildman–Crippen MR) is 96.4 cm³/mol. The molecule has 0 N–H and O–H groups in total. The third kappa shape index (κ3) is 2.61. The van der Waals surface area contributed by atoms with Crippen molar-refractivity contribution in [2.45, 2.75) is 16.2 Å². The summed E-state index contributed by atoms with van der Waals surface area (Å²) < 4.78 is 0. The highest BCUT2D eigenvalue weighted by Gasteiger charge is 2.23. The van der Waals surface area contributed by atoms with Crippen molar-refractivity contribution < 1.29 is 0 Å². The van der Waals surface area contributed by atoms with Gasteiger partial charge in [-0.3, -0.25) is 0 Å². The molecule has 3 nitrogen and oxygen atoms in total. The third-order valence-electron chi connectivity index (χ3n) is 4.05. The average molecular weight is 342 g/mol. The van der Waals surface area contributed by atoms with Crippen LogP contribution in [0.4, 0.5) is 0 Å².